The van der Waals surface area contributed by atoms with E-state index in [1.54, 1.807) is 0 Å². The predicted octanol–water partition coefficient (Wildman–Crippen LogP) is 13.5. The zero-order valence-corrected chi connectivity index (χ0v) is 28.4. The van der Waals surface area contributed by atoms with Crippen LogP contribution < -0.4 is 0 Å². The molecule has 11 rings (SSSR count). The van der Waals surface area contributed by atoms with Crippen molar-refractivity contribution < 1.29 is 8.83 Å². The van der Waals surface area contributed by atoms with Gasteiger partial charge in [-0.1, -0.05) is 103 Å². The number of furan rings is 2. The van der Waals surface area contributed by atoms with Crippen LogP contribution in [0.15, 0.2) is 179 Å². The van der Waals surface area contributed by atoms with Gasteiger partial charge in [0.2, 0.25) is 0 Å². The average molecular weight is 677 g/mol. The van der Waals surface area contributed by atoms with Crippen molar-refractivity contribution in [3.63, 3.8) is 0 Å². The summed E-state index contributed by atoms with van der Waals surface area (Å²) >= 11 is 0. The van der Waals surface area contributed by atoms with Crippen molar-refractivity contribution in [3.8, 4) is 45.1 Å². The van der Waals surface area contributed by atoms with E-state index in [0.717, 1.165) is 105 Å². The van der Waals surface area contributed by atoms with Crippen LogP contribution >= 0.6 is 0 Å². The van der Waals surface area contributed by atoms with Gasteiger partial charge in [-0.3, -0.25) is 0 Å². The number of rotatable bonds is 4. The summed E-state index contributed by atoms with van der Waals surface area (Å²) in [5.74, 6) is 0. The molecule has 4 nitrogen and oxygen atoms in total. The Labute approximate surface area is 304 Å². The second kappa shape index (κ2) is 11.3. The summed E-state index contributed by atoms with van der Waals surface area (Å²) in [5, 5.41) is 17.1. The van der Waals surface area contributed by atoms with E-state index in [4.69, 9.17) is 8.83 Å². The van der Waals surface area contributed by atoms with Crippen molar-refractivity contribution in [2.45, 2.75) is 0 Å². The first-order chi connectivity index (χ1) is 26.2. The first-order valence-electron chi connectivity index (χ1n) is 17.7. The molecule has 0 aliphatic rings. The summed E-state index contributed by atoms with van der Waals surface area (Å²) in [7, 11) is 0. The summed E-state index contributed by atoms with van der Waals surface area (Å²) in [4.78, 5) is 0. The van der Waals surface area contributed by atoms with E-state index < -0.39 is 0 Å². The molecule has 0 atom stereocenters. The zero-order valence-electron chi connectivity index (χ0n) is 28.4. The van der Waals surface area contributed by atoms with Gasteiger partial charge in [0.1, 0.15) is 22.3 Å². The fourth-order valence-electron chi connectivity index (χ4n) is 8.18. The number of fused-ring (bicyclic) bond motifs is 10. The zero-order chi connectivity index (χ0) is 35.0. The Morgan fingerprint density at radius 2 is 1.06 bits per heavy atom. The Morgan fingerprint density at radius 3 is 1.89 bits per heavy atom. The molecular weight excluding hydrogens is 649 g/mol. The first-order valence-corrected chi connectivity index (χ1v) is 17.7. The van der Waals surface area contributed by atoms with Crippen molar-refractivity contribution in [3.05, 3.63) is 175 Å². The van der Waals surface area contributed by atoms with Crippen molar-refractivity contribution >= 4 is 65.7 Å². The lowest BCUT2D eigenvalue weighted by Crippen LogP contribution is -1.97. The molecule has 53 heavy (non-hydrogen) atoms. The Balaban J connectivity index is 1.19. The average Bonchev–Trinajstić information content (AvgIpc) is 3.90. The highest BCUT2D eigenvalue weighted by Crippen LogP contribution is 2.42. The van der Waals surface area contributed by atoms with Crippen LogP contribution in [0.25, 0.3) is 105 Å². The fraction of sp³-hybridized carbons (Fsp3) is 0. The van der Waals surface area contributed by atoms with Gasteiger partial charge in [-0.05, 0) is 100 Å². The van der Waals surface area contributed by atoms with Gasteiger partial charge in [0.05, 0.1) is 28.1 Å². The molecule has 0 bridgehead atoms. The van der Waals surface area contributed by atoms with Crippen LogP contribution in [0.4, 0.5) is 0 Å². The lowest BCUT2D eigenvalue weighted by Gasteiger charge is -2.15. The number of aromatic nitrogens is 1. The topological polar surface area (TPSA) is 55.0 Å². The van der Waals surface area contributed by atoms with Crippen LogP contribution in [-0.2, 0) is 0 Å². The minimum atomic E-state index is 0.619. The van der Waals surface area contributed by atoms with Gasteiger partial charge in [0, 0.05) is 32.6 Å². The van der Waals surface area contributed by atoms with Crippen molar-refractivity contribution in [2.75, 3.05) is 0 Å². The van der Waals surface area contributed by atoms with Crippen molar-refractivity contribution in [2.24, 2.45) is 0 Å². The predicted molar refractivity (Wildman–Crippen MR) is 216 cm³/mol. The van der Waals surface area contributed by atoms with Gasteiger partial charge in [0.25, 0.3) is 0 Å². The third kappa shape index (κ3) is 4.48. The monoisotopic (exact) mass is 676 g/mol. The van der Waals surface area contributed by atoms with E-state index in [1.165, 1.54) is 0 Å². The summed E-state index contributed by atoms with van der Waals surface area (Å²) in [5.41, 5.74) is 13.2. The quantitative estimate of drug-likeness (QED) is 0.186. The highest BCUT2D eigenvalue weighted by atomic mass is 16.3. The van der Waals surface area contributed by atoms with Gasteiger partial charge >= 0.3 is 0 Å². The molecule has 0 unspecified atom stereocenters. The van der Waals surface area contributed by atoms with Crippen LogP contribution in [-0.4, -0.2) is 4.57 Å². The molecule has 3 aromatic heterocycles. The minimum absolute atomic E-state index is 0.619. The minimum Gasteiger partial charge on any atom is -0.456 e. The largest absolute Gasteiger partial charge is 0.456 e. The Hall–Kier alpha value is -7.35. The normalized spacial score (nSPS) is 11.8. The highest BCUT2D eigenvalue weighted by Gasteiger charge is 2.20. The lowest BCUT2D eigenvalue weighted by atomic mass is 9.92. The van der Waals surface area contributed by atoms with Crippen LogP contribution in [0.3, 0.4) is 0 Å². The van der Waals surface area contributed by atoms with E-state index in [-0.39, 0.29) is 0 Å². The molecule has 0 N–H and O–H groups in total. The molecule has 0 saturated carbocycles. The van der Waals surface area contributed by atoms with Crippen LogP contribution in [0, 0.1) is 11.3 Å². The maximum absolute atomic E-state index is 10.5. The summed E-state index contributed by atoms with van der Waals surface area (Å²) in [6.45, 7) is 0. The number of hydrogen-bond donors (Lipinski definition) is 0. The number of nitrogens with zero attached hydrogens (tertiary/aromatic N) is 2. The van der Waals surface area contributed by atoms with Gasteiger partial charge in [-0.25, -0.2) is 0 Å². The second-order valence-electron chi connectivity index (χ2n) is 13.6. The van der Waals surface area contributed by atoms with Gasteiger partial charge in [-0.15, -0.1) is 0 Å². The van der Waals surface area contributed by atoms with Crippen LogP contribution in [0.5, 0.6) is 0 Å². The smallest absolute Gasteiger partial charge is 0.145 e. The molecule has 0 spiro atoms. The third-order valence-electron chi connectivity index (χ3n) is 10.6. The maximum Gasteiger partial charge on any atom is 0.145 e. The van der Waals surface area contributed by atoms with E-state index in [0.29, 0.717) is 5.56 Å². The molecule has 11 aromatic rings. The van der Waals surface area contributed by atoms with Gasteiger partial charge in [-0.2, -0.15) is 5.26 Å². The first kappa shape index (κ1) is 29.4. The molecular formula is C49H28N2O2. The number of nitriles is 1. The van der Waals surface area contributed by atoms with Crippen molar-refractivity contribution in [1.29, 1.82) is 5.26 Å². The third-order valence-corrected chi connectivity index (χ3v) is 10.6. The number of hydrogen-bond acceptors (Lipinski definition) is 3. The number of para-hydroxylation sites is 3. The summed E-state index contributed by atoms with van der Waals surface area (Å²) in [6.07, 6.45) is 0. The molecule has 246 valence electrons. The number of benzene rings is 8. The molecule has 8 aromatic carbocycles. The molecule has 3 heterocycles. The summed E-state index contributed by atoms with van der Waals surface area (Å²) in [6, 6.07) is 61.3. The van der Waals surface area contributed by atoms with Crippen molar-refractivity contribution in [1.82, 2.24) is 4.57 Å². The standard InChI is InChI=1S/C49H28N2O2/c50-29-35-24-31(30-10-2-1-3-11-30)18-20-37(35)34-25-33(32-19-21-40-38-12-5-8-16-45(38)52-47(40)28-32)26-36(27-34)51-43-15-7-4-14-42(43)48-44(51)23-22-41-39-13-6-9-17-46(39)53-49(41)48/h1-28H. The molecule has 0 saturated heterocycles. The molecule has 0 radical (unpaired) electrons. The molecule has 4 heteroatoms. The molecule has 0 amide bonds. The van der Waals surface area contributed by atoms with Gasteiger partial charge in [0.15, 0.2) is 0 Å². The van der Waals surface area contributed by atoms with Gasteiger partial charge < -0.3 is 13.4 Å². The van der Waals surface area contributed by atoms with E-state index >= 15 is 0 Å². The van der Waals surface area contributed by atoms with E-state index in [1.807, 2.05) is 54.6 Å². The van der Waals surface area contributed by atoms with Crippen LogP contribution in [0.1, 0.15) is 5.56 Å². The summed E-state index contributed by atoms with van der Waals surface area (Å²) < 4.78 is 15.3. The maximum atomic E-state index is 10.5. The van der Waals surface area contributed by atoms with E-state index in [9.17, 15) is 5.26 Å². The molecule has 0 aliphatic heterocycles. The SMILES string of the molecule is N#Cc1cc(-c2ccccc2)ccc1-c1cc(-c2ccc3c(c2)oc2ccccc23)cc(-n2c3ccccc3c3c4oc5ccccc5c4ccc32)c1. The second-order valence-corrected chi connectivity index (χ2v) is 13.6. The Kier molecular flexibility index (Phi) is 6.28. The molecule has 0 aliphatic carbocycles. The Bertz CT molecular complexity index is 3300. The Morgan fingerprint density at radius 1 is 0.415 bits per heavy atom. The van der Waals surface area contributed by atoms with E-state index in [2.05, 4.69) is 126 Å². The highest BCUT2D eigenvalue weighted by molar-refractivity contribution is 6.24. The lowest BCUT2D eigenvalue weighted by molar-refractivity contribution is 0.669. The fourth-order valence-corrected chi connectivity index (χ4v) is 8.18. The molecule has 0 fully saturated rings. The van der Waals surface area contributed by atoms with Crippen LogP contribution in [0.2, 0.25) is 0 Å².